The third kappa shape index (κ3) is 8.18. The van der Waals surface area contributed by atoms with Crippen molar-refractivity contribution >= 4 is 46.4 Å². The summed E-state index contributed by atoms with van der Waals surface area (Å²) in [5.41, 5.74) is -0.457. The van der Waals surface area contributed by atoms with Crippen LogP contribution < -0.4 is 25.3 Å². The Bertz CT molecular complexity index is 2710. The number of rotatable bonds is 8. The SMILES string of the molecule is CC#CCOc1ccccc1Oc1cc(-c2c(Cl)n3n(c2=O)CCCC3)c(F)cc1Cl.O=c1c(-c2cc(Oc3ccccc3O)c(Cl)cc2F)c(Cl)n2n1CCCC2. The van der Waals surface area contributed by atoms with E-state index in [0.29, 0.717) is 37.7 Å². The Hall–Kier alpha value is -5.32. The number of aromatic hydroxyl groups is 1. The van der Waals surface area contributed by atoms with Gasteiger partial charge >= 0.3 is 0 Å². The lowest BCUT2D eigenvalue weighted by molar-refractivity contribution is 0.345. The van der Waals surface area contributed by atoms with Gasteiger partial charge in [-0.05, 0) is 81.1 Å². The Balaban J connectivity index is 0.000000178. The van der Waals surface area contributed by atoms with Gasteiger partial charge in [0.05, 0.1) is 21.2 Å². The van der Waals surface area contributed by atoms with Crippen molar-refractivity contribution in [2.45, 2.75) is 58.8 Å². The highest BCUT2D eigenvalue weighted by Crippen LogP contribution is 2.41. The molecule has 0 radical (unpaired) electrons. The standard InChI is InChI=1S/C23H19Cl2FN2O3.C19H15Cl2FN2O3/c1-2-3-12-30-18-8-4-5-9-19(18)31-20-13-15(17(26)14-16(20)24)21-22(25)27-10-6-7-11-28(27)23(21)29;20-12-10-13(22)11(9-16(12)27-15-6-2-1-5-14(15)25)17-18(21)23-7-3-4-8-24(23)19(17)26/h4-5,8-9,13-14H,6-7,10-12H2,1H3;1-2,5-6,9-10,25H,3-4,7-8H2. The fraction of sp³-hybridized carbons (Fsp3) is 0.238. The predicted octanol–water partition coefficient (Wildman–Crippen LogP) is 10.8. The summed E-state index contributed by atoms with van der Waals surface area (Å²) in [5, 5.41) is 10.4. The highest BCUT2D eigenvalue weighted by atomic mass is 35.5. The number of phenols is 1. The molecule has 10 nitrogen and oxygen atoms in total. The lowest BCUT2D eigenvalue weighted by atomic mass is 10.1. The van der Waals surface area contributed by atoms with Gasteiger partial charge in [-0.15, -0.1) is 5.92 Å². The average Bonchev–Trinajstić information content (AvgIpc) is 3.62. The molecular formula is C42H34Cl4F2N4O6. The molecule has 0 fully saturated rings. The number of hydrogen-bond donors (Lipinski definition) is 1. The quantitative estimate of drug-likeness (QED) is 0.153. The van der Waals surface area contributed by atoms with Gasteiger partial charge in [0.2, 0.25) is 0 Å². The van der Waals surface area contributed by atoms with E-state index < -0.39 is 11.6 Å². The number of benzene rings is 4. The van der Waals surface area contributed by atoms with Crippen molar-refractivity contribution in [2.24, 2.45) is 0 Å². The molecule has 300 valence electrons. The normalized spacial score (nSPS) is 13.0. The summed E-state index contributed by atoms with van der Waals surface area (Å²) < 4.78 is 53.2. The largest absolute Gasteiger partial charge is 0.504 e. The molecule has 4 heterocycles. The Morgan fingerprint density at radius 2 is 1.05 bits per heavy atom. The number of phenolic OH excluding ortho intramolecular Hbond substituents is 1. The van der Waals surface area contributed by atoms with Gasteiger partial charge in [-0.1, -0.05) is 76.6 Å². The van der Waals surface area contributed by atoms with Crippen LogP contribution in [0.4, 0.5) is 8.78 Å². The van der Waals surface area contributed by atoms with Crippen LogP contribution in [0.5, 0.6) is 34.5 Å². The van der Waals surface area contributed by atoms with E-state index in [1.54, 1.807) is 63.4 Å². The minimum Gasteiger partial charge on any atom is -0.504 e. The van der Waals surface area contributed by atoms with Gasteiger partial charge in [0, 0.05) is 37.3 Å². The molecule has 0 saturated heterocycles. The van der Waals surface area contributed by atoms with Gasteiger partial charge in [-0.2, -0.15) is 0 Å². The van der Waals surface area contributed by atoms with Crippen molar-refractivity contribution in [3.05, 3.63) is 125 Å². The Kier molecular flexibility index (Phi) is 12.4. The maximum atomic E-state index is 14.9. The van der Waals surface area contributed by atoms with Crippen LogP contribution in [0.25, 0.3) is 22.3 Å². The van der Waals surface area contributed by atoms with Crippen molar-refractivity contribution < 1.29 is 28.1 Å². The zero-order valence-electron chi connectivity index (χ0n) is 30.8. The van der Waals surface area contributed by atoms with Crippen molar-refractivity contribution in [3.63, 3.8) is 0 Å². The number of fused-ring (bicyclic) bond motifs is 2. The van der Waals surface area contributed by atoms with Gasteiger partial charge in [0.15, 0.2) is 23.0 Å². The molecule has 2 aromatic heterocycles. The third-order valence-corrected chi connectivity index (χ3v) is 10.9. The predicted molar refractivity (Wildman–Crippen MR) is 220 cm³/mol. The molecule has 0 bridgehead atoms. The summed E-state index contributed by atoms with van der Waals surface area (Å²) >= 11 is 25.2. The number of halogens is 6. The van der Waals surface area contributed by atoms with Crippen LogP contribution in [0.1, 0.15) is 32.6 Å². The van der Waals surface area contributed by atoms with Gasteiger partial charge in [0.1, 0.15) is 40.0 Å². The molecular weight excluding hydrogens is 836 g/mol. The Morgan fingerprint density at radius 3 is 1.52 bits per heavy atom. The van der Waals surface area contributed by atoms with Crippen molar-refractivity contribution in [2.75, 3.05) is 6.61 Å². The summed E-state index contributed by atoms with van der Waals surface area (Å²) in [4.78, 5) is 25.7. The minimum atomic E-state index is -0.674. The van der Waals surface area contributed by atoms with Crippen LogP contribution in [0.15, 0.2) is 82.4 Å². The van der Waals surface area contributed by atoms with E-state index in [9.17, 15) is 23.5 Å². The second-order valence-corrected chi connectivity index (χ2v) is 14.7. The zero-order chi connectivity index (χ0) is 41.1. The first-order valence-corrected chi connectivity index (χ1v) is 19.7. The Labute approximate surface area is 351 Å². The second-order valence-electron chi connectivity index (χ2n) is 13.2. The van der Waals surface area contributed by atoms with E-state index >= 15 is 0 Å². The molecule has 8 rings (SSSR count). The molecule has 0 saturated carbocycles. The topological polar surface area (TPSA) is 102 Å². The molecule has 0 unspecified atom stereocenters. The van der Waals surface area contributed by atoms with Crippen LogP contribution >= 0.6 is 46.4 Å². The summed E-state index contributed by atoms with van der Waals surface area (Å²) in [6, 6.07) is 18.3. The van der Waals surface area contributed by atoms with Crippen LogP contribution in [-0.4, -0.2) is 30.4 Å². The third-order valence-electron chi connectivity index (χ3n) is 9.54. The van der Waals surface area contributed by atoms with Gasteiger partial charge in [-0.3, -0.25) is 19.0 Å². The molecule has 0 spiro atoms. The van der Waals surface area contributed by atoms with Crippen molar-refractivity contribution in [1.29, 1.82) is 0 Å². The van der Waals surface area contributed by atoms with E-state index in [1.165, 1.54) is 22.9 Å². The van der Waals surface area contributed by atoms with Crippen LogP contribution in [0.3, 0.4) is 0 Å². The first-order chi connectivity index (χ1) is 28.0. The number of para-hydroxylation sites is 4. The van der Waals surface area contributed by atoms with Crippen LogP contribution in [-0.2, 0) is 26.2 Å². The maximum Gasteiger partial charge on any atom is 0.276 e. The molecule has 6 aromatic rings. The van der Waals surface area contributed by atoms with E-state index in [4.69, 9.17) is 60.6 Å². The van der Waals surface area contributed by atoms with E-state index in [1.807, 2.05) is 0 Å². The molecule has 58 heavy (non-hydrogen) atoms. The molecule has 1 N–H and O–H groups in total. The first kappa shape index (κ1) is 40.9. The van der Waals surface area contributed by atoms with Crippen molar-refractivity contribution in [3.8, 4) is 68.6 Å². The average molecular weight is 871 g/mol. The lowest BCUT2D eigenvalue weighted by Crippen LogP contribution is -2.27. The van der Waals surface area contributed by atoms with Crippen molar-refractivity contribution in [1.82, 2.24) is 18.7 Å². The summed E-state index contributed by atoms with van der Waals surface area (Å²) in [6.45, 7) is 4.21. The highest BCUT2D eigenvalue weighted by Gasteiger charge is 2.27. The molecule has 4 aromatic carbocycles. The molecule has 2 aliphatic rings. The lowest BCUT2D eigenvalue weighted by Gasteiger charge is -2.17. The summed E-state index contributed by atoms with van der Waals surface area (Å²) in [5.74, 6) is 5.46. The van der Waals surface area contributed by atoms with E-state index in [0.717, 1.165) is 37.8 Å². The number of aromatic nitrogens is 4. The summed E-state index contributed by atoms with van der Waals surface area (Å²) in [7, 11) is 0. The van der Waals surface area contributed by atoms with Gasteiger partial charge < -0.3 is 19.3 Å². The van der Waals surface area contributed by atoms with Crippen LogP contribution in [0.2, 0.25) is 20.4 Å². The highest BCUT2D eigenvalue weighted by molar-refractivity contribution is 6.34. The van der Waals surface area contributed by atoms with E-state index in [2.05, 4.69) is 11.8 Å². The molecule has 0 amide bonds. The van der Waals surface area contributed by atoms with Crippen LogP contribution in [0, 0.1) is 23.5 Å². The molecule has 2 aliphatic heterocycles. The molecule has 0 atom stereocenters. The smallest absolute Gasteiger partial charge is 0.276 e. The van der Waals surface area contributed by atoms with E-state index in [-0.39, 0.29) is 83.3 Å². The van der Waals surface area contributed by atoms with Gasteiger partial charge in [-0.25, -0.2) is 18.1 Å². The Morgan fingerprint density at radius 1 is 0.621 bits per heavy atom. The van der Waals surface area contributed by atoms with Gasteiger partial charge in [0.25, 0.3) is 11.1 Å². The summed E-state index contributed by atoms with van der Waals surface area (Å²) in [6.07, 6.45) is 3.54. The first-order valence-electron chi connectivity index (χ1n) is 18.2. The fourth-order valence-corrected chi connectivity index (χ4v) is 7.82. The molecule has 0 aliphatic carbocycles. The number of nitrogens with zero attached hydrogens (tertiary/aromatic N) is 4. The number of hydrogen-bond acceptors (Lipinski definition) is 6. The molecule has 16 heteroatoms. The minimum absolute atomic E-state index is 0.00854. The fourth-order valence-electron chi connectivity index (χ4n) is 6.72. The second kappa shape index (κ2) is 17.7. The number of ether oxygens (including phenoxy) is 3. The monoisotopic (exact) mass is 868 g/mol. The zero-order valence-corrected chi connectivity index (χ0v) is 33.9. The maximum absolute atomic E-state index is 14.9.